The third kappa shape index (κ3) is 7.39. The van der Waals surface area contributed by atoms with Gasteiger partial charge >= 0.3 is 6.03 Å². The highest BCUT2D eigenvalue weighted by Crippen LogP contribution is 2.37. The second kappa shape index (κ2) is 11.7. The Kier molecular flexibility index (Phi) is 9.41. The maximum absolute atomic E-state index is 14.8. The number of amides is 3. The first-order valence-electron chi connectivity index (χ1n) is 11.9. The average molecular weight is 525 g/mol. The van der Waals surface area contributed by atoms with Crippen molar-refractivity contribution < 1.29 is 22.4 Å². The third-order valence-electron chi connectivity index (χ3n) is 7.22. The molecule has 10 nitrogen and oxygen atoms in total. The summed E-state index contributed by atoms with van der Waals surface area (Å²) in [5.74, 6) is -1.87. The number of nitrogens with zero attached hydrogens (tertiary/aromatic N) is 2. The average Bonchev–Trinajstić information content (AvgIpc) is 3.21. The molecule has 0 aromatic heterocycles. The molecule has 196 valence electrons. The molecule has 1 aliphatic heterocycles. The van der Waals surface area contributed by atoms with Crippen LogP contribution in [0.15, 0.2) is 0 Å². The van der Waals surface area contributed by atoms with Crippen molar-refractivity contribution in [3.8, 4) is 0 Å². The molecule has 3 aliphatic rings. The lowest BCUT2D eigenvalue weighted by molar-refractivity contribution is -0.129. The highest BCUT2D eigenvalue weighted by atomic mass is 35.5. The van der Waals surface area contributed by atoms with Crippen LogP contribution in [0.1, 0.15) is 38.5 Å². The van der Waals surface area contributed by atoms with Gasteiger partial charge in [0.25, 0.3) is 0 Å². The summed E-state index contributed by atoms with van der Waals surface area (Å²) in [7, 11) is 1.54. The lowest BCUT2D eigenvalue weighted by Gasteiger charge is -2.37. The number of hydrazine groups is 1. The van der Waals surface area contributed by atoms with Crippen LogP contribution in [0.25, 0.3) is 0 Å². The molecule has 1 heterocycles. The Morgan fingerprint density at radius 2 is 1.85 bits per heavy atom. The van der Waals surface area contributed by atoms with Crippen molar-refractivity contribution in [2.75, 3.05) is 40.1 Å². The van der Waals surface area contributed by atoms with Crippen molar-refractivity contribution in [2.45, 2.75) is 62.2 Å². The van der Waals surface area contributed by atoms with E-state index in [-0.39, 0.29) is 35.7 Å². The van der Waals surface area contributed by atoms with Crippen LogP contribution in [0.5, 0.6) is 0 Å². The maximum Gasteiger partial charge on any atom is 0.317 e. The summed E-state index contributed by atoms with van der Waals surface area (Å²) in [5, 5.41) is 5.50. The highest BCUT2D eigenvalue weighted by molar-refractivity contribution is 7.89. The molecule has 2 saturated carbocycles. The zero-order chi connectivity index (χ0) is 25.0. The summed E-state index contributed by atoms with van der Waals surface area (Å²) < 4.78 is 39.9. The van der Waals surface area contributed by atoms with Crippen LogP contribution in [-0.2, 0) is 14.8 Å². The molecule has 5 atom stereocenters. The fourth-order valence-corrected chi connectivity index (χ4v) is 6.91. The van der Waals surface area contributed by atoms with Crippen LogP contribution < -0.4 is 20.9 Å². The summed E-state index contributed by atoms with van der Waals surface area (Å²) in [6.07, 6.45) is 1.95. The fourth-order valence-electron chi connectivity index (χ4n) is 5.21. The van der Waals surface area contributed by atoms with E-state index >= 15 is 0 Å². The molecule has 0 radical (unpaired) electrons. The van der Waals surface area contributed by atoms with Gasteiger partial charge in [-0.15, -0.1) is 16.4 Å². The van der Waals surface area contributed by atoms with Gasteiger partial charge in [-0.2, -0.15) is 0 Å². The van der Waals surface area contributed by atoms with Crippen LogP contribution in [0.4, 0.5) is 9.18 Å². The lowest BCUT2D eigenvalue weighted by atomic mass is 9.76. The van der Waals surface area contributed by atoms with Crippen molar-refractivity contribution in [2.24, 2.45) is 17.8 Å². The molecule has 3 fully saturated rings. The van der Waals surface area contributed by atoms with Gasteiger partial charge in [0.1, 0.15) is 6.17 Å². The summed E-state index contributed by atoms with van der Waals surface area (Å²) in [6.45, 7) is 1.53. The molecule has 0 spiro atoms. The van der Waals surface area contributed by atoms with E-state index in [4.69, 9.17) is 11.6 Å². The number of urea groups is 1. The number of carbonyl (C=O) groups is 2. The number of hydrogen-bond acceptors (Lipinski definition) is 6. The van der Waals surface area contributed by atoms with Gasteiger partial charge in [0.15, 0.2) is 0 Å². The van der Waals surface area contributed by atoms with E-state index < -0.39 is 33.4 Å². The quantitative estimate of drug-likeness (QED) is 0.286. The zero-order valence-corrected chi connectivity index (χ0v) is 21.7. The molecule has 3 rings (SSSR count). The molecule has 1 saturated heterocycles. The minimum atomic E-state index is -3.79. The smallest absolute Gasteiger partial charge is 0.317 e. The first kappa shape index (κ1) is 27.4. The standard InChI is InChI=1S/C21H38ClFN6O4S/c1-28(2)21(31)25-15-6-4-13(5-7-15)11-34(32,33)27-26-20(30)16-8-14(9-17(22)19(16)23)18-10-29(3)12-24-18/h13-19,24,27H,4-12H2,1-3H3,(H,25,31)(H,26,30). The fraction of sp³-hybridized carbons (Fsp3) is 0.905. The predicted octanol–water partition coefficient (Wildman–Crippen LogP) is 0.600. The van der Waals surface area contributed by atoms with Crippen molar-refractivity contribution in [1.29, 1.82) is 0 Å². The number of alkyl halides is 2. The van der Waals surface area contributed by atoms with E-state index in [2.05, 4.69) is 25.8 Å². The first-order valence-corrected chi connectivity index (χ1v) is 14.0. The molecule has 0 aromatic rings. The number of nitrogens with one attached hydrogen (secondary N) is 4. The molecule has 0 aromatic carbocycles. The molecular weight excluding hydrogens is 487 g/mol. The molecule has 5 unspecified atom stereocenters. The Bertz CT molecular complexity index is 826. The number of sulfonamides is 1. The minimum absolute atomic E-state index is 0.0277. The Morgan fingerprint density at radius 3 is 2.44 bits per heavy atom. The molecule has 13 heteroatoms. The van der Waals surface area contributed by atoms with E-state index in [0.29, 0.717) is 38.5 Å². The monoisotopic (exact) mass is 524 g/mol. The Hall–Kier alpha value is -1.21. The van der Waals surface area contributed by atoms with E-state index in [1.807, 2.05) is 7.05 Å². The summed E-state index contributed by atoms with van der Waals surface area (Å²) in [4.78, 5) is 30.2. The van der Waals surface area contributed by atoms with Crippen LogP contribution in [-0.4, -0.2) is 93.9 Å². The largest absolute Gasteiger partial charge is 0.335 e. The summed E-state index contributed by atoms with van der Waals surface area (Å²) in [6, 6.07) is -0.00485. The predicted molar refractivity (Wildman–Crippen MR) is 128 cm³/mol. The van der Waals surface area contributed by atoms with Crippen LogP contribution in [0.3, 0.4) is 0 Å². The van der Waals surface area contributed by atoms with E-state index in [1.54, 1.807) is 14.1 Å². The Labute approximate surface area is 206 Å². The van der Waals surface area contributed by atoms with Gasteiger partial charge in [-0.1, -0.05) is 0 Å². The lowest BCUT2D eigenvalue weighted by Crippen LogP contribution is -2.52. The minimum Gasteiger partial charge on any atom is -0.335 e. The normalized spacial score (nSPS) is 35.0. The van der Waals surface area contributed by atoms with Crippen LogP contribution >= 0.6 is 11.6 Å². The third-order valence-corrected chi connectivity index (χ3v) is 8.96. The number of hydrogen-bond donors (Lipinski definition) is 4. The topological polar surface area (TPSA) is 123 Å². The molecule has 0 bridgehead atoms. The molecule has 4 N–H and O–H groups in total. The van der Waals surface area contributed by atoms with Crippen molar-refractivity contribution in [3.05, 3.63) is 0 Å². The first-order chi connectivity index (χ1) is 15.9. The van der Waals surface area contributed by atoms with Gasteiger partial charge in [-0.3, -0.25) is 20.4 Å². The SMILES string of the molecule is CN1CNC(C2CC(Cl)C(F)C(C(=O)NNS(=O)(=O)CC3CCC(NC(=O)N(C)C)CC3)C2)C1. The summed E-state index contributed by atoms with van der Waals surface area (Å²) >= 11 is 6.23. The van der Waals surface area contributed by atoms with E-state index in [9.17, 15) is 22.4 Å². The van der Waals surface area contributed by atoms with Gasteiger partial charge < -0.3 is 10.2 Å². The maximum atomic E-state index is 14.8. The Balaban J connectivity index is 1.46. The van der Waals surface area contributed by atoms with Gasteiger partial charge in [0.2, 0.25) is 15.9 Å². The highest BCUT2D eigenvalue weighted by Gasteiger charge is 2.44. The van der Waals surface area contributed by atoms with E-state index in [1.165, 1.54) is 4.90 Å². The molecule has 3 amide bonds. The molecule has 2 aliphatic carbocycles. The van der Waals surface area contributed by atoms with Crippen LogP contribution in [0, 0.1) is 17.8 Å². The van der Waals surface area contributed by atoms with E-state index in [0.717, 1.165) is 13.2 Å². The number of rotatable bonds is 7. The number of halogens is 2. The van der Waals surface area contributed by atoms with Crippen LogP contribution in [0.2, 0.25) is 0 Å². The van der Waals surface area contributed by atoms with Crippen molar-refractivity contribution in [1.82, 2.24) is 30.7 Å². The van der Waals surface area contributed by atoms with Gasteiger partial charge in [0.05, 0.1) is 17.0 Å². The van der Waals surface area contributed by atoms with Gasteiger partial charge in [0, 0.05) is 39.4 Å². The molecular formula is C21H38ClFN6O4S. The van der Waals surface area contributed by atoms with Crippen molar-refractivity contribution in [3.63, 3.8) is 0 Å². The number of carbonyl (C=O) groups excluding carboxylic acids is 2. The zero-order valence-electron chi connectivity index (χ0n) is 20.1. The second-order valence-electron chi connectivity index (χ2n) is 10.2. The number of likely N-dealkylation sites (N-methyl/N-ethyl adjacent to an activating group) is 1. The molecule has 34 heavy (non-hydrogen) atoms. The van der Waals surface area contributed by atoms with Gasteiger partial charge in [-0.05, 0) is 57.4 Å². The Morgan fingerprint density at radius 1 is 1.18 bits per heavy atom. The van der Waals surface area contributed by atoms with Crippen molar-refractivity contribution >= 4 is 33.6 Å². The van der Waals surface area contributed by atoms with Gasteiger partial charge in [-0.25, -0.2) is 17.6 Å². The summed E-state index contributed by atoms with van der Waals surface area (Å²) in [5.41, 5.74) is 2.23. The second-order valence-corrected chi connectivity index (χ2v) is 12.6.